The normalized spacial score (nSPS) is 16.5. The van der Waals surface area contributed by atoms with Gasteiger partial charge in [-0.1, -0.05) is 93.5 Å². The molecule has 2 unspecified atom stereocenters. The minimum Gasteiger partial charge on any atom is -0.387 e. The van der Waals surface area contributed by atoms with Crippen LogP contribution in [0.5, 0.6) is 0 Å². The van der Waals surface area contributed by atoms with Crippen LogP contribution in [0.1, 0.15) is 56.8 Å². The smallest absolute Gasteiger partial charge is 0.267 e. The van der Waals surface area contributed by atoms with Crippen molar-refractivity contribution in [3.8, 4) is 0 Å². The van der Waals surface area contributed by atoms with Crippen LogP contribution in [0.25, 0.3) is 11.7 Å². The highest BCUT2D eigenvalue weighted by molar-refractivity contribution is 8.26. The number of benzene rings is 1. The van der Waals surface area contributed by atoms with E-state index in [4.69, 9.17) is 12.2 Å². The number of carbonyl (C=O) groups is 1. The van der Waals surface area contributed by atoms with Gasteiger partial charge in [0.1, 0.15) is 15.8 Å². The molecular formula is C28H32N4O3S2. The van der Waals surface area contributed by atoms with Crippen molar-refractivity contribution in [3.05, 3.63) is 81.1 Å². The first-order valence-corrected chi connectivity index (χ1v) is 13.9. The molecule has 1 aliphatic rings. The van der Waals surface area contributed by atoms with Crippen molar-refractivity contribution in [1.29, 1.82) is 0 Å². The molecule has 9 heteroatoms. The molecule has 4 rings (SSSR count). The lowest BCUT2D eigenvalue weighted by atomic mass is 9.99. The number of nitrogens with zero attached hydrogens (tertiary/aromatic N) is 3. The molecule has 0 saturated carbocycles. The van der Waals surface area contributed by atoms with Crippen molar-refractivity contribution < 1.29 is 9.90 Å². The number of hydrogen-bond donors (Lipinski definition) is 2. The average Bonchev–Trinajstić information content (AvgIpc) is 3.18. The largest absolute Gasteiger partial charge is 0.387 e. The number of aliphatic hydroxyl groups is 1. The van der Waals surface area contributed by atoms with Gasteiger partial charge in [0.25, 0.3) is 11.5 Å². The Kier molecular flexibility index (Phi) is 9.13. The molecule has 2 atom stereocenters. The predicted molar refractivity (Wildman–Crippen MR) is 155 cm³/mol. The van der Waals surface area contributed by atoms with Gasteiger partial charge in [0.2, 0.25) is 0 Å². The zero-order chi connectivity index (χ0) is 26.4. The molecule has 2 aromatic heterocycles. The maximum absolute atomic E-state index is 13.5. The Labute approximate surface area is 226 Å². The Morgan fingerprint density at radius 2 is 1.89 bits per heavy atom. The van der Waals surface area contributed by atoms with Gasteiger partial charge >= 0.3 is 0 Å². The predicted octanol–water partition coefficient (Wildman–Crippen LogP) is 5.26. The molecule has 1 aliphatic heterocycles. The second kappa shape index (κ2) is 12.5. The molecule has 37 heavy (non-hydrogen) atoms. The van der Waals surface area contributed by atoms with Crippen molar-refractivity contribution in [1.82, 2.24) is 14.3 Å². The monoisotopic (exact) mass is 536 g/mol. The number of carbonyl (C=O) groups excluding carboxylic acids is 1. The fraction of sp³-hybridized carbons (Fsp3) is 0.357. The Balaban J connectivity index is 1.65. The Morgan fingerprint density at radius 1 is 1.14 bits per heavy atom. The molecule has 194 valence electrons. The van der Waals surface area contributed by atoms with E-state index in [1.807, 2.05) is 30.3 Å². The van der Waals surface area contributed by atoms with Crippen LogP contribution in [0, 0.1) is 5.92 Å². The summed E-state index contributed by atoms with van der Waals surface area (Å²) in [5.74, 6) is 0.509. The van der Waals surface area contributed by atoms with E-state index in [9.17, 15) is 14.7 Å². The number of amides is 1. The fourth-order valence-corrected chi connectivity index (χ4v) is 5.57. The third-order valence-corrected chi connectivity index (χ3v) is 7.93. The molecule has 0 radical (unpaired) electrons. The number of rotatable bonds is 11. The second-order valence-corrected chi connectivity index (χ2v) is 10.8. The van der Waals surface area contributed by atoms with Crippen molar-refractivity contribution in [2.75, 3.05) is 18.4 Å². The average molecular weight is 537 g/mol. The summed E-state index contributed by atoms with van der Waals surface area (Å²) in [5, 5.41) is 13.8. The minimum atomic E-state index is -0.794. The summed E-state index contributed by atoms with van der Waals surface area (Å²) in [6.45, 7) is 5.03. The van der Waals surface area contributed by atoms with Gasteiger partial charge < -0.3 is 10.4 Å². The number of thiocarbonyl (C=S) groups is 1. The molecule has 0 aliphatic carbocycles. The van der Waals surface area contributed by atoms with Crippen LogP contribution in [0.2, 0.25) is 0 Å². The number of fused-ring (bicyclic) bond motifs is 1. The molecule has 2 N–H and O–H groups in total. The van der Waals surface area contributed by atoms with E-state index in [0.29, 0.717) is 33.2 Å². The number of pyridine rings is 1. The van der Waals surface area contributed by atoms with Crippen LogP contribution in [0.4, 0.5) is 5.82 Å². The quantitative estimate of drug-likeness (QED) is 0.255. The molecule has 3 heterocycles. The van der Waals surface area contributed by atoms with Crippen LogP contribution in [0.3, 0.4) is 0 Å². The van der Waals surface area contributed by atoms with Gasteiger partial charge in [0, 0.05) is 19.3 Å². The van der Waals surface area contributed by atoms with E-state index in [2.05, 4.69) is 24.1 Å². The van der Waals surface area contributed by atoms with Crippen molar-refractivity contribution >= 4 is 51.7 Å². The molecule has 3 aromatic rings. The summed E-state index contributed by atoms with van der Waals surface area (Å²) >= 11 is 6.76. The first kappa shape index (κ1) is 27.0. The van der Waals surface area contributed by atoms with Gasteiger partial charge in [-0.15, -0.1) is 0 Å². The van der Waals surface area contributed by atoms with E-state index >= 15 is 0 Å². The van der Waals surface area contributed by atoms with E-state index < -0.39 is 6.10 Å². The van der Waals surface area contributed by atoms with Crippen molar-refractivity contribution in [3.63, 3.8) is 0 Å². The molecule has 1 fully saturated rings. The van der Waals surface area contributed by atoms with E-state index in [0.717, 1.165) is 31.2 Å². The molecule has 0 spiro atoms. The van der Waals surface area contributed by atoms with Crippen molar-refractivity contribution in [2.45, 2.75) is 45.6 Å². The van der Waals surface area contributed by atoms with Gasteiger partial charge in [-0.3, -0.25) is 18.9 Å². The lowest BCUT2D eigenvalue weighted by Crippen LogP contribution is -2.33. The maximum atomic E-state index is 13.5. The van der Waals surface area contributed by atoms with Crippen molar-refractivity contribution in [2.24, 2.45) is 5.92 Å². The molecule has 0 bridgehead atoms. The summed E-state index contributed by atoms with van der Waals surface area (Å²) < 4.78 is 1.96. The van der Waals surface area contributed by atoms with Gasteiger partial charge in [-0.25, -0.2) is 4.98 Å². The topological polar surface area (TPSA) is 86.9 Å². The number of nitrogens with one attached hydrogen (secondary N) is 1. The summed E-state index contributed by atoms with van der Waals surface area (Å²) in [5.41, 5.74) is 1.17. The fourth-order valence-electron chi connectivity index (χ4n) is 4.32. The summed E-state index contributed by atoms with van der Waals surface area (Å²) in [7, 11) is 0. The first-order valence-electron chi connectivity index (χ1n) is 12.7. The number of aliphatic hydroxyl groups excluding tert-OH is 1. The standard InChI is InChI=1S/C28H32N4O3S2/c1-3-5-11-19(4-2)18-32-27(35)23(37-28(32)36)16-21-25(29-17-22(33)20-12-7-6-8-13-20)30-24-14-9-10-15-31(24)26(21)34/h6-10,12-16,19,22,29,33H,3-5,11,17-18H2,1-2H3/b23-16-. The highest BCUT2D eigenvalue weighted by Crippen LogP contribution is 2.34. The van der Waals surface area contributed by atoms with Crippen LogP contribution in [0.15, 0.2) is 64.4 Å². The summed E-state index contributed by atoms with van der Waals surface area (Å²) in [4.78, 5) is 33.5. The highest BCUT2D eigenvalue weighted by Gasteiger charge is 2.33. The van der Waals surface area contributed by atoms with Gasteiger partial charge in [0.05, 0.1) is 16.6 Å². The van der Waals surface area contributed by atoms with Crippen LogP contribution >= 0.6 is 24.0 Å². The number of unbranched alkanes of at least 4 members (excludes halogenated alkanes) is 1. The number of aromatic nitrogens is 2. The van der Waals surface area contributed by atoms with E-state index in [-0.39, 0.29) is 23.6 Å². The zero-order valence-electron chi connectivity index (χ0n) is 21.1. The number of hydrogen-bond acceptors (Lipinski definition) is 7. The molecule has 7 nitrogen and oxygen atoms in total. The summed E-state index contributed by atoms with van der Waals surface area (Å²) in [6, 6.07) is 14.6. The molecular weight excluding hydrogens is 504 g/mol. The van der Waals surface area contributed by atoms with Gasteiger partial charge in [-0.2, -0.15) is 0 Å². The zero-order valence-corrected chi connectivity index (χ0v) is 22.7. The third kappa shape index (κ3) is 6.29. The SMILES string of the molecule is CCCCC(CC)CN1C(=O)/C(=C/c2c(NCC(O)c3ccccc3)nc3ccccn3c2=O)SC1=S. The van der Waals surface area contributed by atoms with Crippen LogP contribution in [-0.4, -0.2) is 42.7 Å². The lowest BCUT2D eigenvalue weighted by Gasteiger charge is -2.21. The Morgan fingerprint density at radius 3 is 2.62 bits per heavy atom. The number of anilines is 1. The molecule has 1 amide bonds. The highest BCUT2D eigenvalue weighted by atomic mass is 32.2. The third-order valence-electron chi connectivity index (χ3n) is 6.55. The summed E-state index contributed by atoms with van der Waals surface area (Å²) in [6.07, 6.45) is 6.70. The number of thioether (sulfide) groups is 1. The van der Waals surface area contributed by atoms with Crippen LogP contribution < -0.4 is 10.9 Å². The molecule has 1 saturated heterocycles. The van der Waals surface area contributed by atoms with Crippen LogP contribution in [-0.2, 0) is 4.79 Å². The maximum Gasteiger partial charge on any atom is 0.267 e. The van der Waals surface area contributed by atoms with E-state index in [1.54, 1.807) is 35.4 Å². The van der Waals surface area contributed by atoms with E-state index in [1.165, 1.54) is 16.2 Å². The minimum absolute atomic E-state index is 0.150. The van der Waals surface area contributed by atoms with Gasteiger partial charge in [-0.05, 0) is 36.1 Å². The Bertz CT molecular complexity index is 1360. The Hall–Kier alpha value is -3.01. The first-order chi connectivity index (χ1) is 17.9. The van der Waals surface area contributed by atoms with Gasteiger partial charge in [0.15, 0.2) is 0 Å². The second-order valence-electron chi connectivity index (χ2n) is 9.12. The lowest BCUT2D eigenvalue weighted by molar-refractivity contribution is -0.122. The molecule has 1 aromatic carbocycles.